The maximum Gasteiger partial charge on any atom is 0.243 e. The van der Waals surface area contributed by atoms with Crippen molar-refractivity contribution in [3.8, 4) is 0 Å². The van der Waals surface area contributed by atoms with Crippen LogP contribution in [0.1, 0.15) is 34.3 Å². The molecule has 0 aliphatic carbocycles. The second-order valence-electron chi connectivity index (χ2n) is 16.4. The number of aromatic nitrogens is 8. The van der Waals surface area contributed by atoms with E-state index >= 15 is 0 Å². The molecule has 0 amide bonds. The van der Waals surface area contributed by atoms with Gasteiger partial charge in [0.2, 0.25) is 6.33 Å². The third-order valence-electron chi connectivity index (χ3n) is 7.15. The van der Waals surface area contributed by atoms with E-state index in [4.69, 9.17) is 0 Å². The lowest BCUT2D eigenvalue weighted by atomic mass is 10.3. The van der Waals surface area contributed by atoms with Crippen molar-refractivity contribution in [1.29, 1.82) is 0 Å². The van der Waals surface area contributed by atoms with Gasteiger partial charge in [-0.05, 0) is 81.5 Å². The van der Waals surface area contributed by atoms with Crippen LogP contribution >= 0.6 is 0 Å². The molecule has 0 N–H and O–H groups in total. The average molecular weight is 792 g/mol. The molecule has 0 unspecified atom stereocenters. The van der Waals surface area contributed by atoms with Crippen LogP contribution in [0.25, 0.3) is 0 Å². The first-order chi connectivity index (χ1) is 26.4. The van der Waals surface area contributed by atoms with Crippen molar-refractivity contribution in [2.75, 3.05) is 89.6 Å². The summed E-state index contributed by atoms with van der Waals surface area (Å²) >= 11 is 0. The fourth-order valence-corrected chi connectivity index (χ4v) is 4.18. The highest BCUT2D eigenvalue weighted by atomic mass is 15.2. The molecule has 1 aliphatic rings. The standard InChI is InChI=1S/3C7H10N.C6H9N3.C6H14N2.C5H9N2.C4H12N.C3H9N/c1-7-3-5-8(2)6-4-7;1-7-4-3-5-8(2)6-7;1-7-5-3-4-6-8(7)2;1-4-7-5(2)9-6(3)8-4;1-7-3-5-8(2)6-4-7;1-6-3-4-7(2)5-6;1-5(2,3)4;1-4(2)3/h3*3-6H,1-2H3;1-3H3;3-6H2,1-2H3;3-5H,1-2H3;1-4H3;1-3H3/q3*+1;;;2*+1;. The summed E-state index contributed by atoms with van der Waals surface area (Å²) in [5.41, 5.74) is 3.89. The Bertz CT molecular complexity index is 1570. The van der Waals surface area contributed by atoms with Crippen LogP contribution in [0.5, 0.6) is 0 Å². The first-order valence-corrected chi connectivity index (χ1v) is 19.5. The molecule has 1 aliphatic heterocycles. The largest absolute Gasteiger partial charge is 0.333 e. The zero-order valence-corrected chi connectivity index (χ0v) is 39.9. The Hall–Kier alpha value is -4.49. The molecule has 0 bridgehead atoms. The first-order valence-electron chi connectivity index (χ1n) is 19.5. The molecule has 6 heterocycles. The van der Waals surface area contributed by atoms with E-state index in [-0.39, 0.29) is 0 Å². The smallest absolute Gasteiger partial charge is 0.243 e. The number of hydrogen-bond acceptors (Lipinski definition) is 6. The highest BCUT2D eigenvalue weighted by Gasteiger charge is 2.07. The van der Waals surface area contributed by atoms with Crippen LogP contribution in [0.3, 0.4) is 0 Å². The molecule has 6 rings (SSSR count). The molecule has 1 fully saturated rings. The van der Waals surface area contributed by atoms with Gasteiger partial charge >= 0.3 is 0 Å². The van der Waals surface area contributed by atoms with Gasteiger partial charge in [-0.1, -0.05) is 6.07 Å². The SMILES string of the molecule is CN(C)C.CN1CCN(C)CC1.C[N+](C)(C)C.Cc1cc[n+](C)cc1.Cc1ccc[n+](C)c1.Cc1cccc[n+]1C.Cc1nc(C)nc(C)n1.Cn1cc[n+](C)c1. The number of hydrogen-bond donors (Lipinski definition) is 0. The van der Waals surface area contributed by atoms with Gasteiger partial charge < -0.3 is 19.2 Å². The summed E-state index contributed by atoms with van der Waals surface area (Å²) in [6, 6.07) is 14.4. The summed E-state index contributed by atoms with van der Waals surface area (Å²) < 4.78 is 11.1. The summed E-state index contributed by atoms with van der Waals surface area (Å²) in [5, 5.41) is 0. The Morgan fingerprint density at radius 1 is 0.544 bits per heavy atom. The molecular formula is C45H83N12+5. The van der Waals surface area contributed by atoms with E-state index in [1.807, 2.05) is 162 Å². The predicted octanol–water partition coefficient (Wildman–Crippen LogP) is 3.47. The maximum atomic E-state index is 4.01. The third-order valence-corrected chi connectivity index (χ3v) is 7.15. The van der Waals surface area contributed by atoms with Crippen molar-refractivity contribution in [3.63, 3.8) is 0 Å². The lowest BCUT2D eigenvalue weighted by Crippen LogP contribution is -2.42. The molecule has 12 nitrogen and oxygen atoms in total. The van der Waals surface area contributed by atoms with Crippen LogP contribution in [0.4, 0.5) is 0 Å². The number of rotatable bonds is 0. The fourth-order valence-electron chi connectivity index (χ4n) is 4.18. The van der Waals surface area contributed by atoms with Crippen LogP contribution in [0, 0.1) is 41.5 Å². The third kappa shape index (κ3) is 38.2. The predicted molar refractivity (Wildman–Crippen MR) is 236 cm³/mol. The van der Waals surface area contributed by atoms with E-state index < -0.39 is 0 Å². The number of quaternary nitrogens is 1. The van der Waals surface area contributed by atoms with Crippen molar-refractivity contribution < 1.29 is 22.8 Å². The molecule has 0 radical (unpaired) electrons. The van der Waals surface area contributed by atoms with E-state index in [1.54, 1.807) is 0 Å². The maximum absolute atomic E-state index is 4.01. The van der Waals surface area contributed by atoms with E-state index in [9.17, 15) is 0 Å². The van der Waals surface area contributed by atoms with Gasteiger partial charge in [-0.15, -0.1) is 0 Å². The van der Waals surface area contributed by atoms with Gasteiger partial charge in [0.05, 0.1) is 42.3 Å². The fraction of sp³-hybridized carbons (Fsp3) is 0.533. The highest BCUT2D eigenvalue weighted by molar-refractivity contribution is 5.03. The lowest BCUT2D eigenvalue weighted by molar-refractivity contribution is -0.849. The molecule has 0 aromatic carbocycles. The quantitative estimate of drug-likeness (QED) is 0.177. The lowest BCUT2D eigenvalue weighted by Gasteiger charge is -2.28. The number of likely N-dealkylation sites (N-methyl/N-ethyl adjacent to an activating group) is 2. The second kappa shape index (κ2) is 30.6. The van der Waals surface area contributed by atoms with E-state index in [0.717, 1.165) is 22.0 Å². The van der Waals surface area contributed by atoms with Crippen molar-refractivity contribution in [2.24, 2.45) is 35.2 Å². The topological polar surface area (TPSA) is 68.8 Å². The minimum absolute atomic E-state index is 0.792. The number of imidazole rings is 1. The van der Waals surface area contributed by atoms with Gasteiger partial charge in [-0.25, -0.2) is 37.8 Å². The van der Waals surface area contributed by atoms with E-state index in [2.05, 4.69) is 123 Å². The monoisotopic (exact) mass is 792 g/mol. The summed E-state index contributed by atoms with van der Waals surface area (Å²) in [5.74, 6) is 2.38. The van der Waals surface area contributed by atoms with Crippen LogP contribution in [0.15, 0.2) is 92.2 Å². The zero-order valence-electron chi connectivity index (χ0n) is 39.9. The Labute approximate surface area is 348 Å². The normalized spacial score (nSPS) is 11.9. The summed E-state index contributed by atoms with van der Waals surface area (Å²) in [7, 11) is 28.9. The van der Waals surface area contributed by atoms with Crippen molar-refractivity contribution in [2.45, 2.75) is 41.5 Å². The minimum Gasteiger partial charge on any atom is -0.333 e. The van der Waals surface area contributed by atoms with Crippen molar-refractivity contribution >= 4 is 0 Å². The average Bonchev–Trinajstić information content (AvgIpc) is 3.47. The summed E-state index contributed by atoms with van der Waals surface area (Å²) in [6.07, 6.45) is 16.2. The molecule has 1 saturated heterocycles. The van der Waals surface area contributed by atoms with Crippen molar-refractivity contribution in [1.82, 2.24) is 34.2 Å². The second-order valence-corrected chi connectivity index (χ2v) is 16.4. The summed E-state index contributed by atoms with van der Waals surface area (Å²) in [6.45, 7) is 16.8. The molecule has 318 valence electrons. The van der Waals surface area contributed by atoms with Gasteiger partial charge in [0.25, 0.3) is 0 Å². The molecule has 5 aromatic rings. The van der Waals surface area contributed by atoms with Gasteiger partial charge in [0, 0.05) is 69.0 Å². The van der Waals surface area contributed by atoms with Gasteiger partial charge in [-0.2, -0.15) is 0 Å². The number of aryl methyl sites for hydroxylation is 11. The minimum atomic E-state index is 0.792. The Morgan fingerprint density at radius 3 is 1.23 bits per heavy atom. The van der Waals surface area contributed by atoms with Crippen LogP contribution in [0.2, 0.25) is 0 Å². The molecule has 0 saturated carbocycles. The van der Waals surface area contributed by atoms with E-state index in [0.29, 0.717) is 0 Å². The molecule has 0 atom stereocenters. The Morgan fingerprint density at radius 2 is 0.982 bits per heavy atom. The number of nitrogens with zero attached hydrogens (tertiary/aromatic N) is 12. The van der Waals surface area contributed by atoms with Gasteiger partial charge in [0.1, 0.15) is 51.0 Å². The van der Waals surface area contributed by atoms with Gasteiger partial charge in [0.15, 0.2) is 36.7 Å². The van der Waals surface area contributed by atoms with E-state index in [1.165, 1.54) is 43.0 Å². The Kier molecular flexibility index (Phi) is 29.3. The van der Waals surface area contributed by atoms with Crippen LogP contribution < -0.4 is 18.3 Å². The highest BCUT2D eigenvalue weighted by Crippen LogP contribution is 1.94. The molecule has 0 spiro atoms. The number of pyridine rings is 3. The van der Waals surface area contributed by atoms with Crippen LogP contribution in [-0.2, 0) is 35.2 Å². The van der Waals surface area contributed by atoms with Gasteiger partial charge in [-0.3, -0.25) is 0 Å². The van der Waals surface area contributed by atoms with Crippen molar-refractivity contribution in [3.05, 3.63) is 126 Å². The first kappa shape index (κ1) is 54.6. The molecular weight excluding hydrogens is 709 g/mol. The Balaban J connectivity index is 0. The zero-order chi connectivity index (χ0) is 44.1. The van der Waals surface area contributed by atoms with Crippen LogP contribution in [-0.4, -0.2) is 128 Å². The molecule has 12 heteroatoms. The number of piperazine rings is 1. The molecule has 5 aromatic heterocycles. The molecule has 57 heavy (non-hydrogen) atoms. The summed E-state index contributed by atoms with van der Waals surface area (Å²) in [4.78, 5) is 18.8.